The summed E-state index contributed by atoms with van der Waals surface area (Å²) in [5, 5.41) is 13.0. The number of aliphatic hydroxyl groups excluding tert-OH is 1. The van der Waals surface area contributed by atoms with Crippen molar-refractivity contribution < 1.29 is 13.9 Å². The van der Waals surface area contributed by atoms with E-state index in [1.165, 1.54) is 0 Å². The fourth-order valence-corrected chi connectivity index (χ4v) is 2.23. The van der Waals surface area contributed by atoms with Gasteiger partial charge in [0.2, 0.25) is 0 Å². The molecule has 0 aliphatic carbocycles. The van der Waals surface area contributed by atoms with E-state index in [9.17, 15) is 13.9 Å². The fourth-order valence-electron chi connectivity index (χ4n) is 1.87. The molecule has 2 N–H and O–H groups in total. The highest BCUT2D eigenvalue weighted by molar-refractivity contribution is 9.10. The van der Waals surface area contributed by atoms with Crippen LogP contribution in [-0.4, -0.2) is 11.7 Å². The lowest BCUT2D eigenvalue weighted by atomic mass is 10.1. The molecule has 2 rings (SSSR count). The summed E-state index contributed by atoms with van der Waals surface area (Å²) in [5.41, 5.74) is 1.78. The number of aryl methyl sites for hydroxylation is 1. The lowest BCUT2D eigenvalue weighted by molar-refractivity contribution is 0.186. The maximum absolute atomic E-state index is 13.5. The molecule has 0 saturated heterocycles. The molecule has 0 radical (unpaired) electrons. The van der Waals surface area contributed by atoms with E-state index in [0.29, 0.717) is 0 Å². The van der Waals surface area contributed by atoms with Gasteiger partial charge in [0.15, 0.2) is 0 Å². The predicted octanol–water partition coefficient (Wildman–Crippen LogP) is 4.18. The van der Waals surface area contributed by atoms with E-state index in [-0.39, 0.29) is 12.1 Å². The van der Waals surface area contributed by atoms with Crippen LogP contribution in [0.2, 0.25) is 0 Å². The van der Waals surface area contributed by atoms with E-state index in [2.05, 4.69) is 21.2 Å². The van der Waals surface area contributed by atoms with Crippen molar-refractivity contribution in [3.05, 3.63) is 63.6 Å². The van der Waals surface area contributed by atoms with Crippen LogP contribution in [0.15, 0.2) is 40.9 Å². The second kappa shape index (κ2) is 6.33. The molecule has 0 aliphatic heterocycles. The van der Waals surface area contributed by atoms with Crippen LogP contribution in [0.25, 0.3) is 0 Å². The molecule has 2 aromatic rings. The topological polar surface area (TPSA) is 32.3 Å². The van der Waals surface area contributed by atoms with Crippen molar-refractivity contribution in [1.29, 1.82) is 0 Å². The third-order valence-electron chi connectivity index (χ3n) is 3.00. The molecule has 1 unspecified atom stereocenters. The maximum Gasteiger partial charge on any atom is 0.129 e. The molecule has 2 aromatic carbocycles. The molecule has 20 heavy (non-hydrogen) atoms. The standard InChI is InChI=1S/C15H14BrF2NO/c1-9-2-3-10(16)6-14(9)19-8-15(20)12-7-11(17)4-5-13(12)18/h2-7,15,19-20H,8H2,1H3. The van der Waals surface area contributed by atoms with Crippen LogP contribution in [-0.2, 0) is 0 Å². The van der Waals surface area contributed by atoms with E-state index >= 15 is 0 Å². The SMILES string of the molecule is Cc1ccc(Br)cc1NCC(O)c1cc(F)ccc1F. The summed E-state index contributed by atoms with van der Waals surface area (Å²) in [6.07, 6.45) is -1.12. The first-order valence-corrected chi connectivity index (χ1v) is 6.89. The summed E-state index contributed by atoms with van der Waals surface area (Å²) in [6.45, 7) is 2.02. The van der Waals surface area contributed by atoms with Gasteiger partial charge in [-0.05, 0) is 42.8 Å². The normalized spacial score (nSPS) is 12.2. The van der Waals surface area contributed by atoms with E-state index in [4.69, 9.17) is 0 Å². The zero-order valence-corrected chi connectivity index (χ0v) is 12.4. The van der Waals surface area contributed by atoms with Gasteiger partial charge in [-0.3, -0.25) is 0 Å². The summed E-state index contributed by atoms with van der Waals surface area (Å²) in [4.78, 5) is 0. The Morgan fingerprint density at radius 1 is 1.20 bits per heavy atom. The summed E-state index contributed by atoms with van der Waals surface area (Å²) < 4.78 is 27.5. The van der Waals surface area contributed by atoms with Crippen LogP contribution in [0.4, 0.5) is 14.5 Å². The molecule has 1 atom stereocenters. The molecule has 0 saturated carbocycles. The molecule has 0 bridgehead atoms. The molecule has 106 valence electrons. The molecule has 2 nitrogen and oxygen atoms in total. The first kappa shape index (κ1) is 14.9. The second-order valence-corrected chi connectivity index (χ2v) is 5.44. The van der Waals surface area contributed by atoms with Crippen LogP contribution in [0, 0.1) is 18.6 Å². The van der Waals surface area contributed by atoms with Crippen LogP contribution in [0.3, 0.4) is 0 Å². The highest BCUT2D eigenvalue weighted by atomic mass is 79.9. The summed E-state index contributed by atoms with van der Waals surface area (Å²) in [6, 6.07) is 8.74. The Morgan fingerprint density at radius 3 is 2.70 bits per heavy atom. The summed E-state index contributed by atoms with van der Waals surface area (Å²) in [7, 11) is 0. The van der Waals surface area contributed by atoms with Gasteiger partial charge in [0.25, 0.3) is 0 Å². The summed E-state index contributed by atoms with van der Waals surface area (Å²) in [5.74, 6) is -1.19. The van der Waals surface area contributed by atoms with Crippen molar-refractivity contribution in [2.45, 2.75) is 13.0 Å². The Balaban J connectivity index is 2.10. The van der Waals surface area contributed by atoms with E-state index in [0.717, 1.165) is 33.9 Å². The van der Waals surface area contributed by atoms with Crippen LogP contribution in [0.5, 0.6) is 0 Å². The maximum atomic E-state index is 13.5. The van der Waals surface area contributed by atoms with Crippen molar-refractivity contribution in [2.24, 2.45) is 0 Å². The minimum atomic E-state index is -1.12. The molecular weight excluding hydrogens is 328 g/mol. The second-order valence-electron chi connectivity index (χ2n) is 4.52. The van der Waals surface area contributed by atoms with Gasteiger partial charge < -0.3 is 10.4 Å². The Bertz CT molecular complexity index is 619. The number of anilines is 1. The van der Waals surface area contributed by atoms with Gasteiger partial charge >= 0.3 is 0 Å². The van der Waals surface area contributed by atoms with E-state index in [1.807, 2.05) is 25.1 Å². The Morgan fingerprint density at radius 2 is 1.95 bits per heavy atom. The van der Waals surface area contributed by atoms with Gasteiger partial charge in [0.05, 0.1) is 6.10 Å². The number of nitrogens with one attached hydrogen (secondary N) is 1. The Labute approximate surface area is 124 Å². The number of aliphatic hydroxyl groups is 1. The van der Waals surface area contributed by atoms with Gasteiger partial charge in [-0.1, -0.05) is 22.0 Å². The third-order valence-corrected chi connectivity index (χ3v) is 3.50. The average Bonchev–Trinajstić information content (AvgIpc) is 2.42. The van der Waals surface area contributed by atoms with E-state index < -0.39 is 17.7 Å². The molecule has 0 fully saturated rings. The van der Waals surface area contributed by atoms with Gasteiger partial charge in [-0.25, -0.2) is 8.78 Å². The average molecular weight is 342 g/mol. The van der Waals surface area contributed by atoms with Crippen molar-refractivity contribution in [3.63, 3.8) is 0 Å². The van der Waals surface area contributed by atoms with Gasteiger partial charge in [-0.15, -0.1) is 0 Å². The first-order valence-electron chi connectivity index (χ1n) is 6.10. The molecule has 0 aromatic heterocycles. The minimum absolute atomic E-state index is 0.0508. The van der Waals surface area contributed by atoms with Gasteiger partial charge in [0.1, 0.15) is 11.6 Å². The van der Waals surface area contributed by atoms with Crippen LogP contribution >= 0.6 is 15.9 Å². The fraction of sp³-hybridized carbons (Fsp3) is 0.200. The minimum Gasteiger partial charge on any atom is -0.386 e. The van der Waals surface area contributed by atoms with Crippen molar-refractivity contribution >= 4 is 21.6 Å². The predicted molar refractivity (Wildman–Crippen MR) is 78.7 cm³/mol. The smallest absolute Gasteiger partial charge is 0.129 e. The molecular formula is C15H14BrF2NO. The summed E-state index contributed by atoms with van der Waals surface area (Å²) >= 11 is 3.36. The zero-order valence-electron chi connectivity index (χ0n) is 10.8. The quantitative estimate of drug-likeness (QED) is 0.874. The van der Waals surface area contributed by atoms with Gasteiger partial charge in [-0.2, -0.15) is 0 Å². The highest BCUT2D eigenvalue weighted by Crippen LogP contribution is 2.23. The Kier molecular flexibility index (Phi) is 4.73. The van der Waals surface area contributed by atoms with E-state index in [1.54, 1.807) is 0 Å². The highest BCUT2D eigenvalue weighted by Gasteiger charge is 2.14. The lowest BCUT2D eigenvalue weighted by Crippen LogP contribution is -2.14. The van der Waals surface area contributed by atoms with Gasteiger partial charge in [0, 0.05) is 22.3 Å². The number of hydrogen-bond donors (Lipinski definition) is 2. The van der Waals surface area contributed by atoms with Crippen LogP contribution < -0.4 is 5.32 Å². The van der Waals surface area contributed by atoms with Crippen molar-refractivity contribution in [1.82, 2.24) is 0 Å². The number of rotatable bonds is 4. The Hall–Kier alpha value is -1.46. The molecule has 0 amide bonds. The number of benzene rings is 2. The number of hydrogen-bond acceptors (Lipinski definition) is 2. The largest absolute Gasteiger partial charge is 0.386 e. The van der Waals surface area contributed by atoms with Crippen LogP contribution in [0.1, 0.15) is 17.2 Å². The lowest BCUT2D eigenvalue weighted by Gasteiger charge is -2.15. The zero-order chi connectivity index (χ0) is 14.7. The molecule has 0 aliphatic rings. The van der Waals surface area contributed by atoms with Crippen molar-refractivity contribution in [2.75, 3.05) is 11.9 Å². The van der Waals surface area contributed by atoms with Crippen molar-refractivity contribution in [3.8, 4) is 0 Å². The monoisotopic (exact) mass is 341 g/mol. The molecule has 0 spiro atoms. The molecule has 0 heterocycles. The number of halogens is 3. The molecule has 5 heteroatoms. The third kappa shape index (κ3) is 3.55. The first-order chi connectivity index (χ1) is 9.47.